The van der Waals surface area contributed by atoms with Crippen LogP contribution in [0, 0.1) is 11.8 Å². The minimum Gasteiger partial charge on any atom is -0.256 e. The van der Waals surface area contributed by atoms with Crippen molar-refractivity contribution in [2.24, 2.45) is 11.8 Å². The molecule has 1 heteroatoms. The summed E-state index contributed by atoms with van der Waals surface area (Å²) in [6.45, 7) is 0. The summed E-state index contributed by atoms with van der Waals surface area (Å²) in [5.41, 5.74) is 5.12. The maximum atomic E-state index is 4.55. The Balaban J connectivity index is 1.91. The minimum atomic E-state index is 0.439. The largest absolute Gasteiger partial charge is 0.256 e. The van der Waals surface area contributed by atoms with Crippen LogP contribution in [0.2, 0.25) is 0 Å². The van der Waals surface area contributed by atoms with Crippen molar-refractivity contribution in [2.45, 2.75) is 0 Å². The zero-order valence-corrected chi connectivity index (χ0v) is 9.95. The highest BCUT2D eigenvalue weighted by atomic mass is 14.7. The van der Waals surface area contributed by atoms with E-state index in [1.165, 1.54) is 16.7 Å². The van der Waals surface area contributed by atoms with Gasteiger partial charge < -0.3 is 0 Å². The molecule has 0 amide bonds. The van der Waals surface area contributed by atoms with E-state index in [1.807, 2.05) is 12.3 Å². The summed E-state index contributed by atoms with van der Waals surface area (Å²) in [7, 11) is 0. The first-order chi connectivity index (χ1) is 8.93. The number of hydrogen-bond donors (Lipinski definition) is 0. The van der Waals surface area contributed by atoms with Crippen LogP contribution in [0.4, 0.5) is 0 Å². The van der Waals surface area contributed by atoms with Gasteiger partial charge in [-0.05, 0) is 17.2 Å². The molecule has 0 aromatic carbocycles. The van der Waals surface area contributed by atoms with Crippen LogP contribution in [-0.4, -0.2) is 4.98 Å². The maximum Gasteiger partial charge on any atom is 0.0740 e. The van der Waals surface area contributed by atoms with Crippen molar-refractivity contribution < 1.29 is 0 Å². The molecule has 0 radical (unpaired) electrons. The molecule has 4 rings (SSSR count). The molecule has 1 aromatic rings. The van der Waals surface area contributed by atoms with Crippen molar-refractivity contribution in [1.29, 1.82) is 0 Å². The number of allylic oxidation sites excluding steroid dienone is 9. The number of fused-ring (bicyclic) bond motifs is 5. The van der Waals surface area contributed by atoms with Gasteiger partial charge in [0.05, 0.1) is 5.69 Å². The summed E-state index contributed by atoms with van der Waals surface area (Å²) >= 11 is 0. The van der Waals surface area contributed by atoms with Gasteiger partial charge in [-0.3, -0.25) is 4.98 Å². The standard InChI is InChI=1S/C17H13N/c1-2-6-14-12(4-1)7-10-16-15(14)9-8-13-5-3-11-18-17(13)16/h1-11,14-15H. The zero-order valence-electron chi connectivity index (χ0n) is 9.95. The quantitative estimate of drug-likeness (QED) is 0.662. The van der Waals surface area contributed by atoms with Crippen LogP contribution in [0.15, 0.2) is 66.4 Å². The molecule has 0 spiro atoms. The highest BCUT2D eigenvalue weighted by Crippen LogP contribution is 2.43. The number of rotatable bonds is 0. The van der Waals surface area contributed by atoms with Crippen LogP contribution >= 0.6 is 0 Å². The van der Waals surface area contributed by atoms with Crippen LogP contribution in [0.1, 0.15) is 11.3 Å². The Morgan fingerprint density at radius 3 is 2.94 bits per heavy atom. The van der Waals surface area contributed by atoms with Gasteiger partial charge >= 0.3 is 0 Å². The van der Waals surface area contributed by atoms with Crippen molar-refractivity contribution in [2.75, 3.05) is 0 Å². The molecule has 86 valence electrons. The Labute approximate surface area is 107 Å². The molecule has 0 bridgehead atoms. The van der Waals surface area contributed by atoms with E-state index in [0.29, 0.717) is 11.8 Å². The number of pyridine rings is 1. The van der Waals surface area contributed by atoms with Crippen molar-refractivity contribution in [1.82, 2.24) is 4.98 Å². The first-order valence-electron chi connectivity index (χ1n) is 6.34. The van der Waals surface area contributed by atoms with Gasteiger partial charge in [-0.25, -0.2) is 0 Å². The van der Waals surface area contributed by atoms with Crippen molar-refractivity contribution in [3.63, 3.8) is 0 Å². The average Bonchev–Trinajstić information content (AvgIpc) is 2.46. The number of aromatic nitrogens is 1. The molecule has 3 aliphatic rings. The van der Waals surface area contributed by atoms with E-state index >= 15 is 0 Å². The molecular formula is C17H13N. The average molecular weight is 231 g/mol. The first-order valence-corrected chi connectivity index (χ1v) is 6.34. The Morgan fingerprint density at radius 1 is 0.944 bits per heavy atom. The molecule has 0 N–H and O–H groups in total. The molecule has 0 aliphatic heterocycles. The van der Waals surface area contributed by atoms with Crippen molar-refractivity contribution in [3.05, 3.63) is 77.7 Å². The molecule has 18 heavy (non-hydrogen) atoms. The van der Waals surface area contributed by atoms with Gasteiger partial charge in [-0.15, -0.1) is 0 Å². The lowest BCUT2D eigenvalue weighted by atomic mass is 9.72. The summed E-state index contributed by atoms with van der Waals surface area (Å²) in [6, 6.07) is 4.13. The monoisotopic (exact) mass is 231 g/mol. The molecule has 3 aliphatic carbocycles. The number of hydrogen-bond acceptors (Lipinski definition) is 1. The molecule has 0 saturated carbocycles. The Kier molecular flexibility index (Phi) is 2.01. The molecule has 1 aromatic heterocycles. The van der Waals surface area contributed by atoms with Gasteiger partial charge in [0.15, 0.2) is 0 Å². The summed E-state index contributed by atoms with van der Waals surface area (Å²) in [6.07, 6.45) is 19.6. The van der Waals surface area contributed by atoms with Gasteiger partial charge in [0.2, 0.25) is 0 Å². The fraction of sp³-hybridized carbons (Fsp3) is 0.118. The van der Waals surface area contributed by atoms with E-state index in [2.05, 4.69) is 59.7 Å². The minimum absolute atomic E-state index is 0.439. The predicted octanol–water partition coefficient (Wildman–Crippen LogP) is 3.79. The normalized spacial score (nSPS) is 26.9. The molecular weight excluding hydrogens is 218 g/mol. The summed E-state index contributed by atoms with van der Waals surface area (Å²) in [4.78, 5) is 4.55. The third kappa shape index (κ3) is 1.31. The van der Waals surface area contributed by atoms with Crippen LogP contribution in [0.3, 0.4) is 0 Å². The van der Waals surface area contributed by atoms with Crippen LogP contribution in [0.5, 0.6) is 0 Å². The molecule has 2 atom stereocenters. The topological polar surface area (TPSA) is 12.9 Å². The van der Waals surface area contributed by atoms with Crippen molar-refractivity contribution in [3.8, 4) is 0 Å². The van der Waals surface area contributed by atoms with E-state index < -0.39 is 0 Å². The smallest absolute Gasteiger partial charge is 0.0740 e. The SMILES string of the molecule is C1=CC2=CC=C3c4ncccc4C=CC3C2C=C1. The van der Waals surface area contributed by atoms with Crippen LogP contribution in [-0.2, 0) is 0 Å². The zero-order chi connectivity index (χ0) is 11.9. The van der Waals surface area contributed by atoms with Gasteiger partial charge in [0, 0.05) is 23.6 Å². The van der Waals surface area contributed by atoms with Gasteiger partial charge in [-0.2, -0.15) is 0 Å². The van der Waals surface area contributed by atoms with E-state index in [-0.39, 0.29) is 0 Å². The van der Waals surface area contributed by atoms with E-state index in [9.17, 15) is 0 Å². The summed E-state index contributed by atoms with van der Waals surface area (Å²) in [5, 5.41) is 0. The second-order valence-corrected chi connectivity index (χ2v) is 4.88. The van der Waals surface area contributed by atoms with Gasteiger partial charge in [0.25, 0.3) is 0 Å². The second-order valence-electron chi connectivity index (χ2n) is 4.88. The lowest BCUT2D eigenvalue weighted by Crippen LogP contribution is -2.21. The Hall–Kier alpha value is -2.15. The fourth-order valence-corrected chi connectivity index (χ4v) is 3.02. The fourth-order valence-electron chi connectivity index (χ4n) is 3.02. The van der Waals surface area contributed by atoms with Crippen LogP contribution in [0.25, 0.3) is 11.6 Å². The van der Waals surface area contributed by atoms with Gasteiger partial charge in [0.1, 0.15) is 0 Å². The Bertz CT molecular complexity index is 656. The molecule has 1 heterocycles. The Morgan fingerprint density at radius 2 is 1.94 bits per heavy atom. The third-order valence-corrected chi connectivity index (χ3v) is 3.90. The van der Waals surface area contributed by atoms with Gasteiger partial charge in [-0.1, -0.05) is 54.7 Å². The highest BCUT2D eigenvalue weighted by Gasteiger charge is 2.30. The molecule has 0 saturated heterocycles. The highest BCUT2D eigenvalue weighted by molar-refractivity contribution is 5.81. The molecule has 0 fully saturated rings. The van der Waals surface area contributed by atoms with Crippen molar-refractivity contribution >= 4 is 11.6 Å². The molecule has 1 nitrogen and oxygen atoms in total. The second kappa shape index (κ2) is 3.67. The van der Waals surface area contributed by atoms with Crippen LogP contribution < -0.4 is 0 Å². The molecule has 2 unspecified atom stereocenters. The predicted molar refractivity (Wildman–Crippen MR) is 74.6 cm³/mol. The lowest BCUT2D eigenvalue weighted by Gasteiger charge is -2.32. The lowest BCUT2D eigenvalue weighted by molar-refractivity contribution is 0.653. The summed E-state index contributed by atoms with van der Waals surface area (Å²) < 4.78 is 0. The number of nitrogens with zero attached hydrogens (tertiary/aromatic N) is 1. The third-order valence-electron chi connectivity index (χ3n) is 3.90. The van der Waals surface area contributed by atoms with E-state index in [4.69, 9.17) is 0 Å². The summed E-state index contributed by atoms with van der Waals surface area (Å²) in [5.74, 6) is 0.912. The van der Waals surface area contributed by atoms with E-state index in [0.717, 1.165) is 5.69 Å². The van der Waals surface area contributed by atoms with E-state index in [1.54, 1.807) is 0 Å². The maximum absolute atomic E-state index is 4.55. The first kappa shape index (κ1) is 9.84.